The summed E-state index contributed by atoms with van der Waals surface area (Å²) in [6, 6.07) is 25.6. The van der Waals surface area contributed by atoms with Crippen molar-refractivity contribution in [3.63, 3.8) is 0 Å². The number of hydrogen-bond acceptors (Lipinski definition) is 3. The average Bonchev–Trinajstić information content (AvgIpc) is 2.72. The molecule has 3 aromatic rings. The zero-order valence-electron chi connectivity index (χ0n) is 15.2. The van der Waals surface area contributed by atoms with Crippen LogP contribution in [-0.4, -0.2) is 11.1 Å². The van der Waals surface area contributed by atoms with Crippen LogP contribution in [-0.2, 0) is 22.7 Å². The standard InChI is InChI=1S/C23H22O3S/c1-18(25)26-17-20-9-7-13-23(15-20)27(2,21-10-4-3-5-11-21)22-12-6-8-19(14-22)16-24/h2-15,24H,16-17H2,1H3. The smallest absolute Gasteiger partial charge is 0.302 e. The molecule has 1 N–H and O–H groups in total. The lowest BCUT2D eigenvalue weighted by atomic mass is 10.2. The van der Waals surface area contributed by atoms with Crippen LogP contribution in [0.4, 0.5) is 0 Å². The molecular weight excluding hydrogens is 356 g/mol. The van der Waals surface area contributed by atoms with E-state index < -0.39 is 9.44 Å². The van der Waals surface area contributed by atoms with Crippen molar-refractivity contribution < 1.29 is 14.6 Å². The van der Waals surface area contributed by atoms with Gasteiger partial charge >= 0.3 is 5.97 Å². The van der Waals surface area contributed by atoms with Crippen molar-refractivity contribution in [2.45, 2.75) is 34.8 Å². The molecule has 3 aromatic carbocycles. The minimum Gasteiger partial charge on any atom is -0.461 e. The molecule has 3 nitrogen and oxygen atoms in total. The Morgan fingerprint density at radius 3 is 2.04 bits per heavy atom. The monoisotopic (exact) mass is 378 g/mol. The van der Waals surface area contributed by atoms with E-state index in [2.05, 4.69) is 0 Å². The number of hydrogen-bond donors (Lipinski definition) is 1. The van der Waals surface area contributed by atoms with E-state index in [1.54, 1.807) is 0 Å². The van der Waals surface area contributed by atoms with Gasteiger partial charge in [0.2, 0.25) is 0 Å². The van der Waals surface area contributed by atoms with Crippen molar-refractivity contribution in [1.29, 1.82) is 0 Å². The fourth-order valence-corrected chi connectivity index (χ4v) is 5.57. The molecule has 0 aliphatic heterocycles. The minimum absolute atomic E-state index is 0.0371. The van der Waals surface area contributed by atoms with E-state index in [1.807, 2.05) is 78.9 Å². The number of carbonyl (C=O) groups excluding carboxylic acids is 1. The summed E-state index contributed by atoms with van der Waals surface area (Å²) in [6.07, 6.45) is 0. The molecule has 3 rings (SSSR count). The van der Waals surface area contributed by atoms with Gasteiger partial charge in [0.15, 0.2) is 0 Å². The van der Waals surface area contributed by atoms with Gasteiger partial charge in [0.25, 0.3) is 0 Å². The molecule has 0 saturated carbocycles. The molecule has 0 aliphatic rings. The van der Waals surface area contributed by atoms with Gasteiger partial charge in [0, 0.05) is 21.6 Å². The maximum atomic E-state index is 11.1. The van der Waals surface area contributed by atoms with E-state index in [1.165, 1.54) is 6.92 Å². The maximum absolute atomic E-state index is 11.1. The summed E-state index contributed by atoms with van der Waals surface area (Å²) < 4.78 is 5.14. The SMILES string of the molecule is C#S(c1ccccc1)(c1cccc(CO)c1)c1cccc(COC(C)=O)c1. The molecule has 138 valence electrons. The molecule has 4 heteroatoms. The molecule has 1 unspecified atom stereocenters. The maximum Gasteiger partial charge on any atom is 0.302 e. The van der Waals surface area contributed by atoms with Crippen molar-refractivity contribution in [2.24, 2.45) is 0 Å². The summed E-state index contributed by atoms with van der Waals surface area (Å²) in [5.41, 5.74) is 8.81. The molecule has 0 saturated heterocycles. The van der Waals surface area contributed by atoms with Crippen LogP contribution in [0.15, 0.2) is 93.5 Å². The number of esters is 1. The molecule has 0 bridgehead atoms. The highest BCUT2D eigenvalue weighted by Crippen LogP contribution is 2.56. The Morgan fingerprint density at radius 2 is 1.44 bits per heavy atom. The van der Waals surface area contributed by atoms with E-state index in [0.717, 1.165) is 25.8 Å². The molecule has 0 aromatic heterocycles. The Bertz CT molecular complexity index is 1040. The lowest BCUT2D eigenvalue weighted by molar-refractivity contribution is -0.142. The van der Waals surface area contributed by atoms with Gasteiger partial charge < -0.3 is 9.84 Å². The Hall–Kier alpha value is -2.78. The third-order valence-electron chi connectivity index (χ3n) is 4.28. The summed E-state index contributed by atoms with van der Waals surface area (Å²) in [5.74, 6) is -0.314. The highest BCUT2D eigenvalue weighted by molar-refractivity contribution is 8.24. The van der Waals surface area contributed by atoms with Gasteiger partial charge in [-0.05, 0) is 47.5 Å². The summed E-state index contributed by atoms with van der Waals surface area (Å²) in [5, 5.41) is 9.55. The zero-order valence-corrected chi connectivity index (χ0v) is 16.0. The Balaban J connectivity index is 2.16. The van der Waals surface area contributed by atoms with Crippen molar-refractivity contribution in [3.05, 3.63) is 90.0 Å². The third-order valence-corrected chi connectivity index (χ3v) is 7.29. The predicted octanol–water partition coefficient (Wildman–Crippen LogP) is 5.11. The Labute approximate surface area is 160 Å². The van der Waals surface area contributed by atoms with E-state index in [4.69, 9.17) is 10.4 Å². The van der Waals surface area contributed by atoms with Gasteiger partial charge in [0.05, 0.1) is 6.61 Å². The number of aliphatic hydroxyl groups excluding tert-OH is 1. The number of ether oxygens (including phenoxy) is 1. The van der Waals surface area contributed by atoms with Gasteiger partial charge in [-0.3, -0.25) is 4.79 Å². The van der Waals surface area contributed by atoms with Crippen molar-refractivity contribution in [2.75, 3.05) is 0 Å². The highest BCUT2D eigenvalue weighted by atomic mass is 32.2. The van der Waals surface area contributed by atoms with Crippen molar-refractivity contribution >= 4 is 15.4 Å². The van der Waals surface area contributed by atoms with E-state index in [-0.39, 0.29) is 19.2 Å². The van der Waals surface area contributed by atoms with Crippen LogP contribution in [0, 0.1) is 5.69 Å². The average molecular weight is 378 g/mol. The summed E-state index contributed by atoms with van der Waals surface area (Å²) in [6.45, 7) is 1.57. The first-order valence-corrected chi connectivity index (χ1v) is 10.3. The van der Waals surface area contributed by atoms with Crippen LogP contribution >= 0.6 is 9.44 Å². The molecule has 0 heterocycles. The second-order valence-electron chi connectivity index (χ2n) is 6.21. The number of benzene rings is 3. The number of carbonyl (C=O) groups is 1. The molecule has 0 amide bonds. The summed E-state index contributed by atoms with van der Waals surface area (Å²) in [7, 11) is -2.02. The summed E-state index contributed by atoms with van der Waals surface area (Å²) in [4.78, 5) is 14.1. The van der Waals surface area contributed by atoms with Crippen LogP contribution in [0.5, 0.6) is 0 Å². The first kappa shape index (κ1) is 19.0. The Kier molecular flexibility index (Phi) is 5.82. The molecule has 0 aliphatic carbocycles. The largest absolute Gasteiger partial charge is 0.461 e. The van der Waals surface area contributed by atoms with Crippen LogP contribution in [0.2, 0.25) is 0 Å². The molecule has 0 radical (unpaired) electrons. The second kappa shape index (κ2) is 8.28. The lowest BCUT2D eigenvalue weighted by Gasteiger charge is -2.26. The van der Waals surface area contributed by atoms with Crippen LogP contribution in [0.3, 0.4) is 0 Å². The minimum atomic E-state index is -2.02. The first-order chi connectivity index (χ1) is 13.0. The second-order valence-corrected chi connectivity index (χ2v) is 8.94. The third kappa shape index (κ3) is 4.15. The molecule has 27 heavy (non-hydrogen) atoms. The van der Waals surface area contributed by atoms with E-state index in [0.29, 0.717) is 0 Å². The van der Waals surface area contributed by atoms with Crippen LogP contribution in [0.1, 0.15) is 18.1 Å². The van der Waals surface area contributed by atoms with Crippen molar-refractivity contribution in [1.82, 2.24) is 0 Å². The van der Waals surface area contributed by atoms with Gasteiger partial charge in [-0.25, -0.2) is 0 Å². The zero-order chi connectivity index (χ0) is 19.3. The van der Waals surface area contributed by atoms with Gasteiger partial charge in [-0.1, -0.05) is 42.5 Å². The normalized spacial score (nSPS) is 12.9. The fraction of sp³-hybridized carbons (Fsp3) is 0.130. The lowest BCUT2D eigenvalue weighted by Crippen LogP contribution is -2.00. The van der Waals surface area contributed by atoms with Gasteiger partial charge in [-0.2, -0.15) is 0 Å². The highest BCUT2D eigenvalue weighted by Gasteiger charge is 2.19. The first-order valence-electron chi connectivity index (χ1n) is 8.62. The van der Waals surface area contributed by atoms with Gasteiger partial charge in [0.1, 0.15) is 6.61 Å². The van der Waals surface area contributed by atoms with Crippen molar-refractivity contribution in [3.8, 4) is 5.69 Å². The number of aliphatic hydroxyl groups is 1. The van der Waals surface area contributed by atoms with Crippen LogP contribution in [0.25, 0.3) is 0 Å². The molecule has 0 spiro atoms. The van der Waals surface area contributed by atoms with E-state index in [9.17, 15) is 9.90 Å². The number of rotatable bonds is 3. The quantitative estimate of drug-likeness (QED) is 0.644. The van der Waals surface area contributed by atoms with E-state index >= 15 is 0 Å². The fourth-order valence-electron chi connectivity index (χ4n) is 2.91. The predicted molar refractivity (Wildman–Crippen MR) is 108 cm³/mol. The van der Waals surface area contributed by atoms with Crippen LogP contribution < -0.4 is 0 Å². The van der Waals surface area contributed by atoms with Gasteiger partial charge in [-0.15, -0.1) is 15.1 Å². The Morgan fingerprint density at radius 1 is 0.889 bits per heavy atom. The molecule has 0 fully saturated rings. The molecular formula is C23H22O3S. The summed E-state index contributed by atoms with van der Waals surface area (Å²) >= 11 is 0. The molecule has 1 atom stereocenters. The topological polar surface area (TPSA) is 46.5 Å².